The third-order valence-electron chi connectivity index (χ3n) is 3.40. The second-order valence-corrected chi connectivity index (χ2v) is 5.14. The number of aliphatic hydroxyl groups is 1. The summed E-state index contributed by atoms with van der Waals surface area (Å²) in [6.07, 6.45) is 7.99. The van der Waals surface area contributed by atoms with Gasteiger partial charge in [0.1, 0.15) is 5.82 Å². The number of hydrogen-bond acceptors (Lipinski definition) is 3. The van der Waals surface area contributed by atoms with Gasteiger partial charge in [0.2, 0.25) is 0 Å². The van der Waals surface area contributed by atoms with Crippen molar-refractivity contribution in [2.75, 3.05) is 13.2 Å². The van der Waals surface area contributed by atoms with E-state index in [1.165, 1.54) is 0 Å². The molecule has 0 saturated carbocycles. The smallest absolute Gasteiger partial charge is 0.108 e. The summed E-state index contributed by atoms with van der Waals surface area (Å²) in [5.41, 5.74) is -0.150. The highest BCUT2D eigenvalue weighted by atomic mass is 16.3. The first-order chi connectivity index (χ1) is 8.65. The zero-order valence-electron chi connectivity index (χ0n) is 11.9. The lowest BCUT2D eigenvalue weighted by Crippen LogP contribution is -2.46. The molecule has 0 fully saturated rings. The van der Waals surface area contributed by atoms with Gasteiger partial charge in [-0.25, -0.2) is 4.98 Å². The lowest BCUT2D eigenvalue weighted by Gasteiger charge is -2.29. The van der Waals surface area contributed by atoms with Crippen LogP contribution in [0.25, 0.3) is 0 Å². The van der Waals surface area contributed by atoms with Gasteiger partial charge in [-0.15, -0.1) is 0 Å². The molecule has 104 valence electrons. The summed E-state index contributed by atoms with van der Waals surface area (Å²) >= 11 is 0. The Hall–Kier alpha value is -0.870. The van der Waals surface area contributed by atoms with Crippen molar-refractivity contribution in [2.45, 2.75) is 58.5 Å². The number of hydrogen-bond donors (Lipinski definition) is 2. The summed E-state index contributed by atoms with van der Waals surface area (Å²) in [7, 11) is 0. The Labute approximate surface area is 110 Å². The Morgan fingerprint density at radius 3 is 2.83 bits per heavy atom. The zero-order chi connectivity index (χ0) is 13.4. The molecule has 1 unspecified atom stereocenters. The molecule has 1 heterocycles. The summed E-state index contributed by atoms with van der Waals surface area (Å²) < 4.78 is 2.21. The second-order valence-electron chi connectivity index (χ2n) is 5.14. The van der Waals surface area contributed by atoms with Crippen LogP contribution in [0.3, 0.4) is 0 Å². The fraction of sp³-hybridized carbons (Fsp3) is 0.786. The molecule has 2 N–H and O–H groups in total. The molecule has 1 aromatic heterocycles. The van der Waals surface area contributed by atoms with Crippen LogP contribution in [0.15, 0.2) is 12.4 Å². The van der Waals surface area contributed by atoms with Crippen LogP contribution in [0.2, 0.25) is 0 Å². The van der Waals surface area contributed by atoms with Crippen molar-refractivity contribution >= 4 is 0 Å². The molecular weight excluding hydrogens is 226 g/mol. The Morgan fingerprint density at radius 2 is 2.22 bits per heavy atom. The van der Waals surface area contributed by atoms with Gasteiger partial charge in [-0.05, 0) is 32.7 Å². The van der Waals surface area contributed by atoms with E-state index in [0.717, 1.165) is 44.6 Å². The van der Waals surface area contributed by atoms with Crippen molar-refractivity contribution in [1.29, 1.82) is 0 Å². The van der Waals surface area contributed by atoms with E-state index in [9.17, 15) is 5.11 Å². The summed E-state index contributed by atoms with van der Waals surface area (Å²) in [5.74, 6) is 1.14. The maximum absolute atomic E-state index is 9.49. The normalized spacial score (nSPS) is 14.7. The summed E-state index contributed by atoms with van der Waals surface area (Å²) in [6, 6.07) is 0. The van der Waals surface area contributed by atoms with E-state index >= 15 is 0 Å². The summed E-state index contributed by atoms with van der Waals surface area (Å²) in [4.78, 5) is 4.32. The molecule has 0 radical (unpaired) electrons. The molecule has 18 heavy (non-hydrogen) atoms. The molecule has 4 heteroatoms. The number of rotatable bonds is 9. The minimum absolute atomic E-state index is 0.150. The van der Waals surface area contributed by atoms with Crippen LogP contribution in [0.5, 0.6) is 0 Å². The zero-order valence-corrected chi connectivity index (χ0v) is 11.9. The summed E-state index contributed by atoms with van der Waals surface area (Å²) in [5, 5.41) is 12.9. The minimum Gasteiger partial charge on any atom is -0.394 e. The van der Waals surface area contributed by atoms with E-state index in [2.05, 4.69) is 35.6 Å². The number of aliphatic hydroxyl groups excluding tert-OH is 1. The molecule has 1 aromatic rings. The van der Waals surface area contributed by atoms with Crippen molar-refractivity contribution in [3.8, 4) is 0 Å². The van der Waals surface area contributed by atoms with Crippen molar-refractivity contribution in [3.63, 3.8) is 0 Å². The Bertz CT molecular complexity index is 338. The minimum atomic E-state index is -0.150. The fourth-order valence-electron chi connectivity index (χ4n) is 2.15. The number of nitrogens with zero attached hydrogens (tertiary/aromatic N) is 2. The van der Waals surface area contributed by atoms with Gasteiger partial charge >= 0.3 is 0 Å². The van der Waals surface area contributed by atoms with Crippen LogP contribution < -0.4 is 5.32 Å². The lowest BCUT2D eigenvalue weighted by atomic mass is 9.96. The first-order valence-corrected chi connectivity index (χ1v) is 7.01. The maximum Gasteiger partial charge on any atom is 0.108 e. The van der Waals surface area contributed by atoms with Crippen LogP contribution in [0.1, 0.15) is 45.9 Å². The molecule has 0 aromatic carbocycles. The van der Waals surface area contributed by atoms with Gasteiger partial charge < -0.3 is 15.0 Å². The van der Waals surface area contributed by atoms with Crippen molar-refractivity contribution < 1.29 is 5.11 Å². The van der Waals surface area contributed by atoms with Crippen LogP contribution in [0.4, 0.5) is 0 Å². The number of imidazole rings is 1. The topological polar surface area (TPSA) is 50.1 Å². The third-order valence-corrected chi connectivity index (χ3v) is 3.40. The van der Waals surface area contributed by atoms with E-state index in [1.807, 2.05) is 12.4 Å². The average Bonchev–Trinajstić information content (AvgIpc) is 2.84. The van der Waals surface area contributed by atoms with Crippen molar-refractivity contribution in [3.05, 3.63) is 18.2 Å². The maximum atomic E-state index is 9.49. The van der Waals surface area contributed by atoms with Crippen LogP contribution in [0, 0.1) is 0 Å². The molecule has 0 aliphatic rings. The molecule has 0 aliphatic heterocycles. The van der Waals surface area contributed by atoms with E-state index < -0.39 is 0 Å². The van der Waals surface area contributed by atoms with Crippen LogP contribution in [-0.2, 0) is 13.0 Å². The average molecular weight is 253 g/mol. The van der Waals surface area contributed by atoms with E-state index in [4.69, 9.17) is 0 Å². The highest BCUT2D eigenvalue weighted by molar-refractivity contribution is 4.92. The number of nitrogens with one attached hydrogen (secondary N) is 1. The third kappa shape index (κ3) is 4.42. The van der Waals surface area contributed by atoms with Crippen molar-refractivity contribution in [1.82, 2.24) is 14.9 Å². The molecule has 0 bridgehead atoms. The number of aryl methyl sites for hydroxylation is 2. The van der Waals surface area contributed by atoms with Gasteiger partial charge in [-0.1, -0.05) is 13.8 Å². The first-order valence-electron chi connectivity index (χ1n) is 7.01. The van der Waals surface area contributed by atoms with E-state index in [-0.39, 0.29) is 12.1 Å². The lowest BCUT2D eigenvalue weighted by molar-refractivity contribution is 0.162. The summed E-state index contributed by atoms with van der Waals surface area (Å²) in [6.45, 7) is 8.49. The van der Waals surface area contributed by atoms with E-state index in [1.54, 1.807) is 0 Å². The molecule has 4 nitrogen and oxygen atoms in total. The molecule has 1 rings (SSSR count). The molecule has 0 aliphatic carbocycles. The van der Waals surface area contributed by atoms with Gasteiger partial charge in [0.25, 0.3) is 0 Å². The molecule has 0 saturated heterocycles. The Balaban J connectivity index is 2.39. The quantitative estimate of drug-likeness (QED) is 0.707. The van der Waals surface area contributed by atoms with Gasteiger partial charge in [0, 0.05) is 30.9 Å². The van der Waals surface area contributed by atoms with Crippen LogP contribution >= 0.6 is 0 Å². The number of aromatic nitrogens is 2. The molecule has 0 amide bonds. The van der Waals surface area contributed by atoms with Gasteiger partial charge in [-0.2, -0.15) is 0 Å². The van der Waals surface area contributed by atoms with Crippen LogP contribution in [-0.4, -0.2) is 33.3 Å². The molecule has 1 atom stereocenters. The predicted molar refractivity (Wildman–Crippen MR) is 74.6 cm³/mol. The molecule has 0 spiro atoms. The Morgan fingerprint density at radius 1 is 1.44 bits per heavy atom. The van der Waals surface area contributed by atoms with Gasteiger partial charge in [0.05, 0.1) is 6.61 Å². The largest absolute Gasteiger partial charge is 0.394 e. The standard InChI is InChI=1S/C14H27N3O/c1-4-8-16-14(3,12-18)7-6-10-17-11-9-15-13(17)5-2/h9,11,16,18H,4-8,10,12H2,1-3H3. The Kier molecular flexibility index (Phi) is 6.36. The second kappa shape index (κ2) is 7.54. The highest BCUT2D eigenvalue weighted by Gasteiger charge is 2.21. The predicted octanol–water partition coefficient (Wildman–Crippen LogP) is 1.98. The van der Waals surface area contributed by atoms with Crippen molar-refractivity contribution in [2.24, 2.45) is 0 Å². The molecular formula is C14H27N3O. The van der Waals surface area contributed by atoms with E-state index in [0.29, 0.717) is 0 Å². The highest BCUT2D eigenvalue weighted by Crippen LogP contribution is 2.13. The SMILES string of the molecule is CCCNC(C)(CO)CCCn1ccnc1CC. The fourth-order valence-corrected chi connectivity index (χ4v) is 2.15. The van der Waals surface area contributed by atoms with Gasteiger partial charge in [-0.3, -0.25) is 0 Å². The monoisotopic (exact) mass is 253 g/mol. The van der Waals surface area contributed by atoms with Gasteiger partial charge in [0.15, 0.2) is 0 Å². The first kappa shape index (κ1) is 15.2.